The molecule has 0 bridgehead atoms. The molecule has 0 aliphatic rings. The summed E-state index contributed by atoms with van der Waals surface area (Å²) in [5, 5.41) is 11.4. The summed E-state index contributed by atoms with van der Waals surface area (Å²) in [6.45, 7) is 3.23. The van der Waals surface area contributed by atoms with Crippen molar-refractivity contribution in [3.8, 4) is 0 Å². The van der Waals surface area contributed by atoms with Crippen LogP contribution in [0.1, 0.15) is 40.2 Å². The van der Waals surface area contributed by atoms with Crippen molar-refractivity contribution < 1.29 is 27.9 Å². The lowest BCUT2D eigenvalue weighted by molar-refractivity contribution is -0.136. The molecule has 1 heterocycles. The number of carboxylic acids is 1. The summed E-state index contributed by atoms with van der Waals surface area (Å²) in [4.78, 5) is 23.1. The maximum absolute atomic E-state index is 13.3. The molecule has 0 saturated heterocycles. The van der Waals surface area contributed by atoms with E-state index in [9.17, 15) is 18.4 Å². The van der Waals surface area contributed by atoms with Gasteiger partial charge in [-0.1, -0.05) is 6.07 Å². The van der Waals surface area contributed by atoms with E-state index in [0.717, 1.165) is 12.1 Å². The first-order valence-corrected chi connectivity index (χ1v) is 6.84. The highest BCUT2D eigenvalue weighted by atomic mass is 19.2. The molecule has 0 radical (unpaired) electrons. The van der Waals surface area contributed by atoms with Gasteiger partial charge < -0.3 is 14.8 Å². The number of aryl methyl sites for hydroxylation is 1. The van der Waals surface area contributed by atoms with Crippen molar-refractivity contribution in [2.75, 3.05) is 0 Å². The van der Waals surface area contributed by atoms with E-state index in [0.29, 0.717) is 11.1 Å². The van der Waals surface area contributed by atoms with Crippen LogP contribution < -0.4 is 5.32 Å². The highest BCUT2D eigenvalue weighted by Crippen LogP contribution is 2.20. The van der Waals surface area contributed by atoms with E-state index in [4.69, 9.17) is 9.52 Å². The lowest BCUT2D eigenvalue weighted by Crippen LogP contribution is -2.28. The molecule has 1 aromatic heterocycles. The molecule has 23 heavy (non-hydrogen) atoms. The lowest BCUT2D eigenvalue weighted by atomic mass is 10.1. The number of carbonyl (C=O) groups is 2. The lowest BCUT2D eigenvalue weighted by Gasteiger charge is -2.15. The third-order valence-corrected chi connectivity index (χ3v) is 3.38. The SMILES string of the molecule is Cc1coc(CC(=O)O)c1C(=O)NC(C)c1ccc(F)c(F)c1. The van der Waals surface area contributed by atoms with Crippen LogP contribution in [0.25, 0.3) is 0 Å². The molecule has 1 aromatic carbocycles. The molecule has 0 aliphatic carbocycles. The fraction of sp³-hybridized carbons (Fsp3) is 0.250. The number of carbonyl (C=O) groups excluding carboxylic acids is 1. The fourth-order valence-corrected chi connectivity index (χ4v) is 2.20. The molecule has 1 amide bonds. The van der Waals surface area contributed by atoms with Crippen molar-refractivity contribution in [1.29, 1.82) is 0 Å². The monoisotopic (exact) mass is 323 g/mol. The zero-order valence-electron chi connectivity index (χ0n) is 12.5. The van der Waals surface area contributed by atoms with Gasteiger partial charge in [-0.25, -0.2) is 8.78 Å². The summed E-state index contributed by atoms with van der Waals surface area (Å²) >= 11 is 0. The number of halogens is 2. The van der Waals surface area contributed by atoms with E-state index in [1.807, 2.05) is 0 Å². The van der Waals surface area contributed by atoms with Crippen molar-refractivity contribution in [2.45, 2.75) is 26.3 Å². The van der Waals surface area contributed by atoms with Gasteiger partial charge in [0.1, 0.15) is 12.2 Å². The standard InChI is InChI=1S/C16H15F2NO4/c1-8-7-23-13(6-14(20)21)15(8)16(22)19-9(2)10-3-4-11(17)12(18)5-10/h3-5,7,9H,6H2,1-2H3,(H,19,22)(H,20,21). The van der Waals surface area contributed by atoms with Crippen LogP contribution in [0, 0.1) is 18.6 Å². The second-order valence-corrected chi connectivity index (χ2v) is 5.16. The van der Waals surface area contributed by atoms with Crippen LogP contribution in [0.15, 0.2) is 28.9 Å². The third kappa shape index (κ3) is 3.74. The van der Waals surface area contributed by atoms with Gasteiger partial charge in [-0.05, 0) is 31.5 Å². The number of hydrogen-bond acceptors (Lipinski definition) is 3. The maximum Gasteiger partial charge on any atom is 0.311 e. The van der Waals surface area contributed by atoms with E-state index in [2.05, 4.69) is 5.32 Å². The number of benzene rings is 1. The second kappa shape index (κ2) is 6.60. The van der Waals surface area contributed by atoms with Crippen LogP contribution in [0.2, 0.25) is 0 Å². The molecule has 1 unspecified atom stereocenters. The first-order chi connectivity index (χ1) is 10.8. The van der Waals surface area contributed by atoms with Gasteiger partial charge in [0.15, 0.2) is 11.6 Å². The average molecular weight is 323 g/mol. The number of carboxylic acid groups (broad SMARTS) is 1. The molecule has 2 rings (SSSR count). The van der Waals surface area contributed by atoms with Gasteiger partial charge in [0.05, 0.1) is 17.9 Å². The summed E-state index contributed by atoms with van der Waals surface area (Å²) in [5.74, 6) is -3.59. The minimum Gasteiger partial charge on any atom is -0.481 e. The Labute approximate surface area is 130 Å². The average Bonchev–Trinajstić information content (AvgIpc) is 2.81. The van der Waals surface area contributed by atoms with E-state index < -0.39 is 36.0 Å². The Bertz CT molecular complexity index is 755. The van der Waals surface area contributed by atoms with E-state index >= 15 is 0 Å². The Balaban J connectivity index is 2.20. The molecule has 0 saturated carbocycles. The van der Waals surface area contributed by atoms with Crippen LogP contribution in [-0.4, -0.2) is 17.0 Å². The van der Waals surface area contributed by atoms with Crippen LogP contribution in [0.3, 0.4) is 0 Å². The van der Waals surface area contributed by atoms with E-state index in [-0.39, 0.29) is 11.3 Å². The molecule has 0 aliphatic heterocycles. The summed E-state index contributed by atoms with van der Waals surface area (Å²) < 4.78 is 31.3. The van der Waals surface area contributed by atoms with Crippen molar-refractivity contribution in [1.82, 2.24) is 5.32 Å². The largest absolute Gasteiger partial charge is 0.481 e. The number of amides is 1. The number of rotatable bonds is 5. The topological polar surface area (TPSA) is 79.5 Å². The number of furan rings is 1. The van der Waals surface area contributed by atoms with Crippen LogP contribution in [-0.2, 0) is 11.2 Å². The van der Waals surface area contributed by atoms with Crippen molar-refractivity contribution in [3.05, 3.63) is 58.5 Å². The van der Waals surface area contributed by atoms with Gasteiger partial charge in [0.2, 0.25) is 0 Å². The summed E-state index contributed by atoms with van der Waals surface area (Å²) in [6, 6.07) is 2.75. The highest BCUT2D eigenvalue weighted by molar-refractivity contribution is 5.97. The predicted molar refractivity (Wildman–Crippen MR) is 77.0 cm³/mol. The van der Waals surface area contributed by atoms with E-state index in [1.54, 1.807) is 13.8 Å². The number of nitrogens with one attached hydrogen (secondary N) is 1. The Hall–Kier alpha value is -2.70. The zero-order valence-corrected chi connectivity index (χ0v) is 12.5. The van der Waals surface area contributed by atoms with Crippen molar-refractivity contribution in [2.24, 2.45) is 0 Å². The summed E-state index contributed by atoms with van der Waals surface area (Å²) in [7, 11) is 0. The smallest absolute Gasteiger partial charge is 0.311 e. The zero-order chi connectivity index (χ0) is 17.1. The van der Waals surface area contributed by atoms with Gasteiger partial charge in [0.25, 0.3) is 5.91 Å². The molecule has 7 heteroatoms. The molecule has 1 atom stereocenters. The van der Waals surface area contributed by atoms with Gasteiger partial charge in [-0.3, -0.25) is 9.59 Å². The Morgan fingerprint density at radius 2 is 2.00 bits per heavy atom. The molecular weight excluding hydrogens is 308 g/mol. The molecule has 2 N–H and O–H groups in total. The van der Waals surface area contributed by atoms with Crippen molar-refractivity contribution >= 4 is 11.9 Å². The Morgan fingerprint density at radius 1 is 1.30 bits per heavy atom. The first kappa shape index (κ1) is 16.7. The van der Waals surface area contributed by atoms with Crippen LogP contribution in [0.4, 0.5) is 8.78 Å². The first-order valence-electron chi connectivity index (χ1n) is 6.84. The fourth-order valence-electron chi connectivity index (χ4n) is 2.20. The number of hydrogen-bond donors (Lipinski definition) is 2. The highest BCUT2D eigenvalue weighted by Gasteiger charge is 2.22. The molecule has 0 spiro atoms. The second-order valence-electron chi connectivity index (χ2n) is 5.16. The van der Waals surface area contributed by atoms with Crippen molar-refractivity contribution in [3.63, 3.8) is 0 Å². The maximum atomic E-state index is 13.3. The van der Waals surface area contributed by atoms with E-state index in [1.165, 1.54) is 12.3 Å². The molecule has 2 aromatic rings. The quantitative estimate of drug-likeness (QED) is 0.886. The molecule has 0 fully saturated rings. The minimum absolute atomic E-state index is 0.0463. The normalized spacial score (nSPS) is 12.0. The number of aliphatic carboxylic acids is 1. The molecule has 122 valence electrons. The predicted octanol–water partition coefficient (Wildman–Crippen LogP) is 2.98. The third-order valence-electron chi connectivity index (χ3n) is 3.38. The summed E-state index contributed by atoms with van der Waals surface area (Å²) in [6.07, 6.45) is 0.881. The van der Waals surface area contributed by atoms with Crippen LogP contribution >= 0.6 is 0 Å². The Kier molecular flexibility index (Phi) is 4.78. The molecule has 5 nitrogen and oxygen atoms in total. The molecular formula is C16H15F2NO4. The van der Waals surface area contributed by atoms with Crippen LogP contribution in [0.5, 0.6) is 0 Å². The van der Waals surface area contributed by atoms with Gasteiger partial charge >= 0.3 is 5.97 Å². The minimum atomic E-state index is -1.12. The Morgan fingerprint density at radius 3 is 2.61 bits per heavy atom. The summed E-state index contributed by atoms with van der Waals surface area (Å²) in [5.41, 5.74) is 1.02. The van der Waals surface area contributed by atoms with Gasteiger partial charge in [-0.15, -0.1) is 0 Å². The van der Waals surface area contributed by atoms with Gasteiger partial charge in [0, 0.05) is 5.56 Å². The van der Waals surface area contributed by atoms with Gasteiger partial charge in [-0.2, -0.15) is 0 Å².